The Kier molecular flexibility index (Phi) is 5.41. The van der Waals surface area contributed by atoms with Crippen LogP contribution < -0.4 is 5.19 Å². The second-order valence-electron chi connectivity index (χ2n) is 6.46. The molecule has 7 heteroatoms. The number of halogens is 3. The summed E-state index contributed by atoms with van der Waals surface area (Å²) in [6.45, 7) is 4.48. The highest BCUT2D eigenvalue weighted by Crippen LogP contribution is 2.54. The summed E-state index contributed by atoms with van der Waals surface area (Å²) < 4.78 is 20.1. The third-order valence-corrected chi connectivity index (χ3v) is 10.9. The fourth-order valence-corrected chi connectivity index (χ4v) is 7.39. The molecule has 3 rings (SSSR count). The number of rotatable bonds is 4. The van der Waals surface area contributed by atoms with E-state index in [1.807, 2.05) is 0 Å². The van der Waals surface area contributed by atoms with Crippen LogP contribution in [0.1, 0.15) is 25.0 Å². The van der Waals surface area contributed by atoms with E-state index in [4.69, 9.17) is 13.3 Å². The minimum absolute atomic E-state index is 0.155. The maximum Gasteiger partial charge on any atom is 0.536 e. The fraction of sp³-hybridized carbons (Fsp3) is 0.333. The monoisotopic (exact) mass is 548 g/mol. The minimum atomic E-state index is -2.87. The molecular formula is C18H19Br3O3Si. The molecule has 3 nitrogen and oxygen atoms in total. The third-order valence-electron chi connectivity index (χ3n) is 4.93. The van der Waals surface area contributed by atoms with Gasteiger partial charge in [-0.25, -0.2) is 0 Å². The normalized spacial score (nSPS) is 15.2. The first-order chi connectivity index (χ1) is 11.7. The van der Waals surface area contributed by atoms with Crippen molar-refractivity contribution in [3.05, 3.63) is 48.8 Å². The summed E-state index contributed by atoms with van der Waals surface area (Å²) in [4.78, 5) is 0. The maximum absolute atomic E-state index is 5.66. The molecule has 0 saturated carbocycles. The molecule has 0 amide bonds. The van der Waals surface area contributed by atoms with Crippen LogP contribution in [-0.2, 0) is 18.7 Å². The number of fused-ring (bicyclic) bond motifs is 3. The quantitative estimate of drug-likeness (QED) is 0.379. The zero-order valence-electron chi connectivity index (χ0n) is 14.7. The molecule has 0 saturated heterocycles. The fourth-order valence-electron chi connectivity index (χ4n) is 3.64. The van der Waals surface area contributed by atoms with Crippen LogP contribution in [0.2, 0.25) is 0 Å². The Balaban J connectivity index is 2.28. The second-order valence-corrected chi connectivity index (χ2v) is 11.8. The summed E-state index contributed by atoms with van der Waals surface area (Å²) in [6, 6.07) is 8.54. The topological polar surface area (TPSA) is 27.7 Å². The van der Waals surface area contributed by atoms with E-state index in [2.05, 4.69) is 85.9 Å². The molecule has 0 aromatic heterocycles. The smallest absolute Gasteiger partial charge is 0.373 e. The Morgan fingerprint density at radius 3 is 2.00 bits per heavy atom. The van der Waals surface area contributed by atoms with Crippen molar-refractivity contribution in [2.45, 2.75) is 19.3 Å². The van der Waals surface area contributed by atoms with Gasteiger partial charge in [0.25, 0.3) is 0 Å². The first-order valence-corrected chi connectivity index (χ1v) is 11.8. The Hall–Kier alpha value is -0.0231. The van der Waals surface area contributed by atoms with Crippen LogP contribution in [0.3, 0.4) is 0 Å². The lowest BCUT2D eigenvalue weighted by molar-refractivity contribution is 0.140. The Labute approximate surface area is 174 Å². The van der Waals surface area contributed by atoms with Crippen molar-refractivity contribution >= 4 is 61.8 Å². The molecule has 1 aliphatic carbocycles. The van der Waals surface area contributed by atoms with Gasteiger partial charge in [0.15, 0.2) is 0 Å². The molecular weight excluding hydrogens is 532 g/mol. The average molecular weight is 551 g/mol. The average Bonchev–Trinajstić information content (AvgIpc) is 2.82. The lowest BCUT2D eigenvalue weighted by Gasteiger charge is -2.27. The van der Waals surface area contributed by atoms with Gasteiger partial charge in [-0.15, -0.1) is 0 Å². The highest BCUT2D eigenvalue weighted by molar-refractivity contribution is 9.14. The molecule has 0 radical (unpaired) electrons. The van der Waals surface area contributed by atoms with Gasteiger partial charge in [-0.2, -0.15) is 0 Å². The van der Waals surface area contributed by atoms with Gasteiger partial charge in [0.2, 0.25) is 0 Å². The van der Waals surface area contributed by atoms with Gasteiger partial charge in [0.1, 0.15) is 0 Å². The van der Waals surface area contributed by atoms with Gasteiger partial charge in [0.05, 0.1) is 0 Å². The molecule has 0 atom stereocenters. The van der Waals surface area contributed by atoms with Crippen molar-refractivity contribution in [2.24, 2.45) is 0 Å². The summed E-state index contributed by atoms with van der Waals surface area (Å²) in [6.07, 6.45) is 0. The van der Waals surface area contributed by atoms with Crippen molar-refractivity contribution in [2.75, 3.05) is 21.3 Å². The highest BCUT2D eigenvalue weighted by atomic mass is 79.9. The van der Waals surface area contributed by atoms with E-state index in [1.165, 1.54) is 22.3 Å². The van der Waals surface area contributed by atoms with Crippen LogP contribution in [0.15, 0.2) is 37.7 Å². The zero-order valence-corrected chi connectivity index (χ0v) is 20.4. The zero-order chi connectivity index (χ0) is 18.6. The second kappa shape index (κ2) is 6.85. The third kappa shape index (κ3) is 2.83. The van der Waals surface area contributed by atoms with Crippen LogP contribution in [0.25, 0.3) is 11.1 Å². The molecule has 0 fully saturated rings. The molecule has 0 aliphatic heterocycles. The van der Waals surface area contributed by atoms with Gasteiger partial charge < -0.3 is 13.3 Å². The predicted octanol–water partition coefficient (Wildman–Crippen LogP) is 5.37. The Morgan fingerprint density at radius 2 is 1.44 bits per heavy atom. The first-order valence-electron chi connectivity index (χ1n) is 7.72. The van der Waals surface area contributed by atoms with Crippen LogP contribution in [0.5, 0.6) is 0 Å². The largest absolute Gasteiger partial charge is 0.536 e. The van der Waals surface area contributed by atoms with Crippen molar-refractivity contribution in [3.8, 4) is 11.1 Å². The van der Waals surface area contributed by atoms with Gasteiger partial charge in [-0.3, -0.25) is 0 Å². The van der Waals surface area contributed by atoms with Crippen molar-refractivity contribution in [3.63, 3.8) is 0 Å². The predicted molar refractivity (Wildman–Crippen MR) is 114 cm³/mol. The number of benzene rings is 2. The lowest BCUT2D eigenvalue weighted by Crippen LogP contribution is -2.54. The van der Waals surface area contributed by atoms with Crippen molar-refractivity contribution in [1.29, 1.82) is 0 Å². The highest BCUT2D eigenvalue weighted by Gasteiger charge is 2.44. The van der Waals surface area contributed by atoms with E-state index in [-0.39, 0.29) is 5.41 Å². The Morgan fingerprint density at radius 1 is 0.840 bits per heavy atom. The van der Waals surface area contributed by atoms with Crippen LogP contribution >= 0.6 is 47.8 Å². The summed E-state index contributed by atoms with van der Waals surface area (Å²) in [5.74, 6) is 0. The molecule has 0 spiro atoms. The van der Waals surface area contributed by atoms with Crippen LogP contribution in [-0.4, -0.2) is 30.1 Å². The van der Waals surface area contributed by atoms with Crippen molar-refractivity contribution < 1.29 is 13.3 Å². The van der Waals surface area contributed by atoms with Crippen LogP contribution in [0, 0.1) is 0 Å². The summed E-state index contributed by atoms with van der Waals surface area (Å²) in [7, 11) is 2.04. The van der Waals surface area contributed by atoms with Gasteiger partial charge in [-0.05, 0) is 76.1 Å². The number of hydrogen-bond acceptors (Lipinski definition) is 3. The minimum Gasteiger partial charge on any atom is -0.373 e. The summed E-state index contributed by atoms with van der Waals surface area (Å²) >= 11 is 11.1. The molecule has 25 heavy (non-hydrogen) atoms. The van der Waals surface area contributed by atoms with Crippen molar-refractivity contribution in [1.82, 2.24) is 0 Å². The molecule has 0 N–H and O–H groups in total. The van der Waals surface area contributed by atoms with Gasteiger partial charge in [0, 0.05) is 45.3 Å². The molecule has 1 aliphatic rings. The van der Waals surface area contributed by atoms with Gasteiger partial charge in [-0.1, -0.05) is 32.0 Å². The van der Waals surface area contributed by atoms with E-state index in [9.17, 15) is 0 Å². The summed E-state index contributed by atoms with van der Waals surface area (Å²) in [5.41, 5.74) is 4.82. The molecule has 0 heterocycles. The molecule has 2 aromatic rings. The van der Waals surface area contributed by atoms with E-state index < -0.39 is 8.80 Å². The van der Waals surface area contributed by atoms with Crippen LogP contribution in [0.4, 0.5) is 0 Å². The van der Waals surface area contributed by atoms with E-state index in [0.717, 1.165) is 18.6 Å². The van der Waals surface area contributed by atoms with Gasteiger partial charge >= 0.3 is 8.80 Å². The lowest BCUT2D eigenvalue weighted by atomic mass is 9.82. The standard InChI is InChI=1S/C18H19Br3O3Si/c1-18(2)13-8-10(25(22-3,23-4)24-5)6-7-11(13)12-9-14(19)16(20)17(21)15(12)18/h6-9H,1-5H3. The SMILES string of the molecule is CO[Si](OC)(OC)c1ccc2c(c1)C(C)(C)c1c-2cc(Br)c(Br)c1Br. The van der Waals surface area contributed by atoms with E-state index in [0.29, 0.717) is 0 Å². The molecule has 0 bridgehead atoms. The molecule has 2 aromatic carbocycles. The molecule has 134 valence electrons. The maximum atomic E-state index is 5.66. The van der Waals surface area contributed by atoms with E-state index in [1.54, 1.807) is 21.3 Å². The Bertz CT molecular complexity index is 840. The summed E-state index contributed by atoms with van der Waals surface area (Å²) in [5, 5.41) is 0.967. The number of hydrogen-bond donors (Lipinski definition) is 0. The first kappa shape index (κ1) is 19.7. The molecule has 0 unspecified atom stereocenters. The van der Waals surface area contributed by atoms with E-state index >= 15 is 0 Å².